The van der Waals surface area contributed by atoms with E-state index in [9.17, 15) is 9.90 Å². The molecule has 4 rings (SSSR count). The number of phenols is 1. The van der Waals surface area contributed by atoms with Gasteiger partial charge in [0.1, 0.15) is 5.75 Å². The van der Waals surface area contributed by atoms with Crippen LogP contribution in [-0.2, 0) is 4.74 Å². The first-order valence-electron chi connectivity index (χ1n) is 8.85. The van der Waals surface area contributed by atoms with Gasteiger partial charge < -0.3 is 14.8 Å². The van der Waals surface area contributed by atoms with E-state index in [4.69, 9.17) is 4.74 Å². The van der Waals surface area contributed by atoms with Gasteiger partial charge >= 0.3 is 5.97 Å². The summed E-state index contributed by atoms with van der Waals surface area (Å²) in [6.07, 6.45) is 0. The number of ether oxygens (including phenoxy) is 1. The summed E-state index contributed by atoms with van der Waals surface area (Å²) in [7, 11) is 0. The van der Waals surface area contributed by atoms with Gasteiger partial charge in [-0.2, -0.15) is 0 Å². The van der Waals surface area contributed by atoms with Gasteiger partial charge in [0.2, 0.25) is 0 Å². The van der Waals surface area contributed by atoms with E-state index >= 15 is 0 Å². The summed E-state index contributed by atoms with van der Waals surface area (Å²) in [4.78, 5) is 15.4. The Morgan fingerprint density at radius 2 is 1.59 bits per heavy atom. The number of aromatic hydroxyl groups is 1. The molecule has 0 aliphatic heterocycles. The zero-order chi connectivity index (χ0) is 18.8. The van der Waals surface area contributed by atoms with Crippen molar-refractivity contribution in [3.8, 4) is 28.1 Å². The third-order valence-electron chi connectivity index (χ3n) is 4.55. The second-order valence-electron chi connectivity index (χ2n) is 6.27. The zero-order valence-electron chi connectivity index (χ0n) is 14.9. The Labute approximate surface area is 157 Å². The van der Waals surface area contributed by atoms with E-state index in [0.717, 1.165) is 33.3 Å². The zero-order valence-corrected chi connectivity index (χ0v) is 14.9. The van der Waals surface area contributed by atoms with Gasteiger partial charge in [0.25, 0.3) is 0 Å². The average molecular weight is 357 g/mol. The first kappa shape index (κ1) is 16.9. The van der Waals surface area contributed by atoms with Gasteiger partial charge in [0.05, 0.1) is 17.9 Å². The minimum atomic E-state index is -0.320. The quantitative estimate of drug-likeness (QED) is 0.482. The lowest BCUT2D eigenvalue weighted by Crippen LogP contribution is -2.04. The maximum Gasteiger partial charge on any atom is 0.338 e. The number of phenolic OH excluding ortho intramolecular Hbond substituents is 1. The summed E-state index contributed by atoms with van der Waals surface area (Å²) in [5, 5.41) is 10.7. The first-order valence-corrected chi connectivity index (χ1v) is 8.85. The van der Waals surface area contributed by atoms with Crippen LogP contribution in [0, 0.1) is 0 Å². The standard InChI is InChI=1S/C23H19NO3/c1-2-27-23(26)17-9-7-16(8-10-17)22-21(15-11-13-18(25)14-12-15)19-5-3-4-6-20(19)24-22/h3-14,24-25H,2H2,1H3. The van der Waals surface area contributed by atoms with Crippen molar-refractivity contribution in [2.75, 3.05) is 6.61 Å². The van der Waals surface area contributed by atoms with E-state index in [2.05, 4.69) is 11.1 Å². The molecule has 0 aliphatic rings. The van der Waals surface area contributed by atoms with Crippen molar-refractivity contribution in [2.24, 2.45) is 0 Å². The van der Waals surface area contributed by atoms with E-state index in [1.165, 1.54) is 0 Å². The minimum absolute atomic E-state index is 0.235. The Morgan fingerprint density at radius 3 is 2.30 bits per heavy atom. The number of aromatic amines is 1. The summed E-state index contributed by atoms with van der Waals surface area (Å²) in [6, 6.07) is 22.7. The van der Waals surface area contributed by atoms with Crippen LogP contribution in [0.3, 0.4) is 0 Å². The number of aromatic nitrogens is 1. The normalized spacial score (nSPS) is 10.9. The molecule has 2 N–H and O–H groups in total. The molecule has 4 aromatic rings. The summed E-state index contributed by atoms with van der Waals surface area (Å²) in [6.45, 7) is 2.15. The number of carbonyl (C=O) groups is 1. The van der Waals surface area contributed by atoms with E-state index in [-0.39, 0.29) is 11.7 Å². The van der Waals surface area contributed by atoms with E-state index in [1.54, 1.807) is 31.2 Å². The lowest BCUT2D eigenvalue weighted by molar-refractivity contribution is 0.0526. The smallest absolute Gasteiger partial charge is 0.338 e. The fourth-order valence-electron chi connectivity index (χ4n) is 3.27. The van der Waals surface area contributed by atoms with Gasteiger partial charge in [-0.3, -0.25) is 0 Å². The molecule has 0 saturated carbocycles. The second-order valence-corrected chi connectivity index (χ2v) is 6.27. The molecule has 1 heterocycles. The number of benzene rings is 3. The van der Waals surface area contributed by atoms with Crippen LogP contribution in [0.5, 0.6) is 5.75 Å². The van der Waals surface area contributed by atoms with Crippen molar-refractivity contribution in [2.45, 2.75) is 6.92 Å². The molecule has 4 heteroatoms. The maximum atomic E-state index is 11.9. The highest BCUT2D eigenvalue weighted by Gasteiger charge is 2.15. The number of fused-ring (bicyclic) bond motifs is 1. The molecule has 27 heavy (non-hydrogen) atoms. The SMILES string of the molecule is CCOC(=O)c1ccc(-c2[nH]c3ccccc3c2-c2ccc(O)cc2)cc1. The van der Waals surface area contributed by atoms with Crippen LogP contribution in [0.1, 0.15) is 17.3 Å². The van der Waals surface area contributed by atoms with E-state index in [1.807, 2.05) is 42.5 Å². The highest BCUT2D eigenvalue weighted by Crippen LogP contribution is 2.38. The Hall–Kier alpha value is -3.53. The molecule has 0 saturated heterocycles. The van der Waals surface area contributed by atoms with Crippen LogP contribution in [0.4, 0.5) is 0 Å². The van der Waals surface area contributed by atoms with Crippen LogP contribution in [0.2, 0.25) is 0 Å². The van der Waals surface area contributed by atoms with Gasteiger partial charge in [0.15, 0.2) is 0 Å². The number of nitrogens with one attached hydrogen (secondary N) is 1. The molecule has 0 atom stereocenters. The predicted octanol–water partition coefficient (Wildman–Crippen LogP) is 5.38. The lowest BCUT2D eigenvalue weighted by Gasteiger charge is -2.07. The largest absolute Gasteiger partial charge is 0.508 e. The van der Waals surface area contributed by atoms with Crippen molar-refractivity contribution in [3.05, 3.63) is 78.4 Å². The number of hydrogen-bond donors (Lipinski definition) is 2. The van der Waals surface area contributed by atoms with Gasteiger partial charge in [-0.15, -0.1) is 0 Å². The number of esters is 1. The maximum absolute atomic E-state index is 11.9. The average Bonchev–Trinajstić information content (AvgIpc) is 3.08. The Bertz CT molecular complexity index is 1090. The topological polar surface area (TPSA) is 62.3 Å². The summed E-state index contributed by atoms with van der Waals surface area (Å²) < 4.78 is 5.06. The van der Waals surface area contributed by atoms with Crippen LogP contribution < -0.4 is 0 Å². The van der Waals surface area contributed by atoms with Crippen molar-refractivity contribution in [3.63, 3.8) is 0 Å². The fourth-order valence-corrected chi connectivity index (χ4v) is 3.27. The molecule has 3 aromatic carbocycles. The van der Waals surface area contributed by atoms with Crippen LogP contribution in [0.15, 0.2) is 72.8 Å². The van der Waals surface area contributed by atoms with Crippen LogP contribution in [0.25, 0.3) is 33.3 Å². The molecule has 0 radical (unpaired) electrons. The van der Waals surface area contributed by atoms with Crippen molar-refractivity contribution >= 4 is 16.9 Å². The van der Waals surface area contributed by atoms with Crippen molar-refractivity contribution in [1.82, 2.24) is 4.98 Å². The predicted molar refractivity (Wildman–Crippen MR) is 107 cm³/mol. The highest BCUT2D eigenvalue weighted by molar-refractivity contribution is 6.04. The third kappa shape index (κ3) is 3.17. The Kier molecular flexibility index (Phi) is 4.38. The van der Waals surface area contributed by atoms with Gasteiger partial charge in [-0.05, 0) is 48.4 Å². The Morgan fingerprint density at radius 1 is 0.926 bits per heavy atom. The summed E-state index contributed by atoms with van der Waals surface area (Å²) >= 11 is 0. The van der Waals surface area contributed by atoms with Crippen LogP contribution in [-0.4, -0.2) is 22.7 Å². The second kappa shape index (κ2) is 7.00. The summed E-state index contributed by atoms with van der Waals surface area (Å²) in [5.41, 5.74) is 5.58. The molecule has 0 unspecified atom stereocenters. The van der Waals surface area contributed by atoms with Gasteiger partial charge in [0, 0.05) is 16.5 Å². The fraction of sp³-hybridized carbons (Fsp3) is 0.0870. The Balaban J connectivity index is 1.85. The minimum Gasteiger partial charge on any atom is -0.508 e. The molecule has 0 amide bonds. The third-order valence-corrected chi connectivity index (χ3v) is 4.55. The molecule has 0 fully saturated rings. The van der Waals surface area contributed by atoms with Gasteiger partial charge in [-0.1, -0.05) is 42.5 Å². The molecular formula is C23H19NO3. The molecule has 1 aromatic heterocycles. The van der Waals surface area contributed by atoms with Crippen molar-refractivity contribution < 1.29 is 14.6 Å². The number of H-pyrrole nitrogens is 1. The molecule has 4 nitrogen and oxygen atoms in total. The van der Waals surface area contributed by atoms with Crippen LogP contribution >= 0.6 is 0 Å². The lowest BCUT2D eigenvalue weighted by atomic mass is 9.98. The van der Waals surface area contributed by atoms with Crippen molar-refractivity contribution in [1.29, 1.82) is 0 Å². The van der Waals surface area contributed by atoms with E-state index in [0.29, 0.717) is 12.2 Å². The monoisotopic (exact) mass is 357 g/mol. The first-order chi connectivity index (χ1) is 13.2. The molecule has 0 bridgehead atoms. The summed E-state index contributed by atoms with van der Waals surface area (Å²) in [5.74, 6) is -0.0848. The number of carbonyl (C=O) groups excluding carboxylic acids is 1. The molecule has 0 spiro atoms. The van der Waals surface area contributed by atoms with E-state index < -0.39 is 0 Å². The molecular weight excluding hydrogens is 338 g/mol. The number of hydrogen-bond acceptors (Lipinski definition) is 3. The van der Waals surface area contributed by atoms with Gasteiger partial charge in [-0.25, -0.2) is 4.79 Å². The number of para-hydroxylation sites is 1. The highest BCUT2D eigenvalue weighted by atomic mass is 16.5. The molecule has 0 aliphatic carbocycles. The molecule has 134 valence electrons. The number of rotatable bonds is 4.